The molecule has 2 aliphatic rings. The molecule has 2 fully saturated rings. The van der Waals surface area contributed by atoms with E-state index < -0.39 is 40.4 Å². The zero-order chi connectivity index (χ0) is 27.2. The first-order chi connectivity index (χ1) is 18.0. The molecule has 0 spiro atoms. The summed E-state index contributed by atoms with van der Waals surface area (Å²) in [5, 5.41) is 11.6. The molecule has 13 nitrogen and oxygen atoms in total. The third-order valence-corrected chi connectivity index (χ3v) is 6.87. The molecule has 3 aromatic heterocycles. The molecule has 3 aromatic rings. The van der Waals surface area contributed by atoms with Crippen molar-refractivity contribution in [2.24, 2.45) is 5.92 Å². The van der Waals surface area contributed by atoms with Crippen molar-refractivity contribution in [1.82, 2.24) is 23.6 Å². The van der Waals surface area contributed by atoms with Crippen LogP contribution in [0.1, 0.15) is 27.2 Å². The quantitative estimate of drug-likeness (QED) is 0.451. The summed E-state index contributed by atoms with van der Waals surface area (Å²) in [6.07, 6.45) is 0.985. The number of ether oxygens (including phenoxy) is 3. The standard InChI is InChI=1S/C23H25FN6O7S/c1-22(2,3)37-20(32)25-10-23-11-29(8-12(23)4-5-35-23)19-14(24)6-13-17(31)15(36-21(33)34)9-30(18(13)27-19)16-7-26-38-28-16/h6-7,9,12H,4-5,8,10-11H2,1-3H3,(H,25,32)(H,33,34). The normalized spacial score (nSPS) is 20.9. The van der Waals surface area contributed by atoms with Gasteiger partial charge in [-0.3, -0.25) is 9.36 Å². The molecule has 202 valence electrons. The molecular weight excluding hydrogens is 523 g/mol. The fourth-order valence-electron chi connectivity index (χ4n) is 4.84. The number of alkyl carbamates (subject to hydrolysis) is 1. The van der Waals surface area contributed by atoms with Gasteiger partial charge in [-0.2, -0.15) is 8.75 Å². The number of nitrogens with zero attached hydrogens (tertiary/aromatic N) is 5. The predicted octanol–water partition coefficient (Wildman–Crippen LogP) is 2.55. The summed E-state index contributed by atoms with van der Waals surface area (Å²) in [5.74, 6) is -1.08. The minimum atomic E-state index is -1.69. The number of aromatic nitrogens is 4. The minimum Gasteiger partial charge on any atom is -0.449 e. The summed E-state index contributed by atoms with van der Waals surface area (Å²) in [7, 11) is 0. The maximum atomic E-state index is 15.5. The van der Waals surface area contributed by atoms with Crippen LogP contribution in [-0.2, 0) is 9.47 Å². The number of nitrogens with one attached hydrogen (secondary N) is 1. The third-order valence-electron chi connectivity index (χ3n) is 6.40. The van der Waals surface area contributed by atoms with Gasteiger partial charge < -0.3 is 29.5 Å². The fraction of sp³-hybridized carbons (Fsp3) is 0.478. The fourth-order valence-corrected chi connectivity index (χ4v) is 5.25. The second kappa shape index (κ2) is 9.47. The second-order valence-corrected chi connectivity index (χ2v) is 10.7. The van der Waals surface area contributed by atoms with Crippen LogP contribution < -0.4 is 20.4 Å². The highest BCUT2D eigenvalue weighted by molar-refractivity contribution is 6.99. The molecule has 2 aliphatic heterocycles. The van der Waals surface area contributed by atoms with Crippen LogP contribution >= 0.6 is 11.7 Å². The van der Waals surface area contributed by atoms with Gasteiger partial charge >= 0.3 is 12.2 Å². The van der Waals surface area contributed by atoms with E-state index in [4.69, 9.17) is 14.6 Å². The molecule has 2 N–H and O–H groups in total. The first kappa shape index (κ1) is 25.8. The van der Waals surface area contributed by atoms with Gasteiger partial charge in [0.15, 0.2) is 28.8 Å². The van der Waals surface area contributed by atoms with Gasteiger partial charge in [-0.25, -0.2) is 19.0 Å². The van der Waals surface area contributed by atoms with Crippen molar-refractivity contribution in [1.29, 1.82) is 0 Å². The molecule has 5 rings (SSSR count). The molecule has 0 saturated carbocycles. The van der Waals surface area contributed by atoms with E-state index in [1.165, 1.54) is 10.8 Å². The third kappa shape index (κ3) is 4.86. The van der Waals surface area contributed by atoms with Crippen LogP contribution in [0, 0.1) is 11.7 Å². The topological polar surface area (TPSA) is 158 Å². The van der Waals surface area contributed by atoms with Gasteiger partial charge in [0, 0.05) is 19.1 Å². The van der Waals surface area contributed by atoms with Crippen LogP contribution in [0.15, 0.2) is 23.3 Å². The number of fused-ring (bicyclic) bond motifs is 2. The number of carbonyl (C=O) groups excluding carboxylic acids is 1. The van der Waals surface area contributed by atoms with Crippen molar-refractivity contribution in [2.75, 3.05) is 31.1 Å². The largest absolute Gasteiger partial charge is 0.511 e. The zero-order valence-electron chi connectivity index (χ0n) is 20.8. The summed E-state index contributed by atoms with van der Waals surface area (Å²) < 4.78 is 40.9. The number of hydrogen-bond acceptors (Lipinski definition) is 11. The maximum Gasteiger partial charge on any atom is 0.511 e. The van der Waals surface area contributed by atoms with Gasteiger partial charge in [-0.05, 0) is 33.3 Å². The van der Waals surface area contributed by atoms with Crippen molar-refractivity contribution in [2.45, 2.75) is 38.4 Å². The van der Waals surface area contributed by atoms with E-state index >= 15 is 4.39 Å². The summed E-state index contributed by atoms with van der Waals surface area (Å²) in [4.78, 5) is 42.5. The number of amides is 1. The molecular formula is C23H25FN6O7S. The Labute approximate surface area is 219 Å². The molecule has 0 aliphatic carbocycles. The number of carbonyl (C=O) groups is 2. The highest BCUT2D eigenvalue weighted by Crippen LogP contribution is 2.41. The van der Waals surface area contributed by atoms with Crippen LogP contribution in [0.25, 0.3) is 16.9 Å². The lowest BCUT2D eigenvalue weighted by Crippen LogP contribution is -2.49. The highest BCUT2D eigenvalue weighted by atomic mass is 32.1. The number of halogens is 1. The number of pyridine rings is 2. The smallest absolute Gasteiger partial charge is 0.449 e. The molecule has 1 amide bonds. The van der Waals surface area contributed by atoms with Gasteiger partial charge in [0.2, 0.25) is 5.43 Å². The molecule has 2 saturated heterocycles. The number of carboxylic acid groups (broad SMARTS) is 1. The monoisotopic (exact) mass is 548 g/mol. The van der Waals surface area contributed by atoms with E-state index in [1.807, 2.05) is 0 Å². The minimum absolute atomic E-state index is 0.00869. The molecule has 0 aromatic carbocycles. The van der Waals surface area contributed by atoms with E-state index in [-0.39, 0.29) is 41.7 Å². The van der Waals surface area contributed by atoms with Gasteiger partial charge in [-0.15, -0.1) is 0 Å². The van der Waals surface area contributed by atoms with Crippen LogP contribution in [-0.4, -0.2) is 73.1 Å². The second-order valence-electron chi connectivity index (χ2n) is 10.1. The zero-order valence-corrected chi connectivity index (χ0v) is 21.6. The van der Waals surface area contributed by atoms with E-state index in [0.717, 1.165) is 24.0 Å². The van der Waals surface area contributed by atoms with Crippen molar-refractivity contribution in [3.8, 4) is 11.6 Å². The Kier molecular flexibility index (Phi) is 6.43. The summed E-state index contributed by atoms with van der Waals surface area (Å²) in [6.45, 7) is 6.63. The Morgan fingerprint density at radius 3 is 2.87 bits per heavy atom. The Morgan fingerprint density at radius 2 is 2.18 bits per heavy atom. The van der Waals surface area contributed by atoms with Crippen LogP contribution in [0.3, 0.4) is 0 Å². The average molecular weight is 549 g/mol. The maximum absolute atomic E-state index is 15.5. The molecule has 2 atom stereocenters. The van der Waals surface area contributed by atoms with Crippen molar-refractivity contribution in [3.05, 3.63) is 34.5 Å². The van der Waals surface area contributed by atoms with Gasteiger partial charge in [0.05, 0.1) is 42.6 Å². The van der Waals surface area contributed by atoms with Crippen LogP contribution in [0.2, 0.25) is 0 Å². The van der Waals surface area contributed by atoms with E-state index in [9.17, 15) is 14.4 Å². The SMILES string of the molecule is CC(C)(C)OC(=O)NCC12CN(c3nc4c(cc3F)c(=O)c(OC(=O)O)cn4-c3cnsn3)CC1CCO2. The number of anilines is 1. The predicted molar refractivity (Wildman–Crippen MR) is 133 cm³/mol. The Balaban J connectivity index is 1.50. The highest BCUT2D eigenvalue weighted by Gasteiger charge is 2.52. The Hall–Kier alpha value is -3.85. The lowest BCUT2D eigenvalue weighted by molar-refractivity contribution is -0.000295. The lowest BCUT2D eigenvalue weighted by Gasteiger charge is -2.29. The van der Waals surface area contributed by atoms with Crippen LogP contribution in [0.4, 0.5) is 19.8 Å². The number of rotatable bonds is 5. The summed E-state index contributed by atoms with van der Waals surface area (Å²) in [5.41, 5.74) is -2.21. The van der Waals surface area contributed by atoms with E-state index in [1.54, 1.807) is 25.7 Å². The van der Waals surface area contributed by atoms with E-state index in [0.29, 0.717) is 19.6 Å². The average Bonchev–Trinajstić information content (AvgIpc) is 3.54. The summed E-state index contributed by atoms with van der Waals surface area (Å²) in [6, 6.07) is 1.01. The van der Waals surface area contributed by atoms with Gasteiger partial charge in [-0.1, -0.05) is 0 Å². The van der Waals surface area contributed by atoms with Gasteiger partial charge in [0.25, 0.3) is 0 Å². The molecule has 0 bridgehead atoms. The van der Waals surface area contributed by atoms with Gasteiger partial charge in [0.1, 0.15) is 11.2 Å². The Bertz CT molecular complexity index is 1460. The lowest BCUT2D eigenvalue weighted by atomic mass is 9.91. The Morgan fingerprint density at radius 1 is 1.39 bits per heavy atom. The molecule has 38 heavy (non-hydrogen) atoms. The molecule has 5 heterocycles. The molecule has 0 radical (unpaired) electrons. The van der Waals surface area contributed by atoms with Crippen molar-refractivity contribution in [3.63, 3.8) is 0 Å². The van der Waals surface area contributed by atoms with E-state index in [2.05, 4.69) is 23.8 Å². The summed E-state index contributed by atoms with van der Waals surface area (Å²) >= 11 is 0.892. The molecule has 15 heteroatoms. The van der Waals surface area contributed by atoms with Crippen molar-refractivity contribution >= 4 is 40.8 Å². The first-order valence-electron chi connectivity index (χ1n) is 11.8. The van der Waals surface area contributed by atoms with Crippen molar-refractivity contribution < 1.29 is 33.3 Å². The molecule has 2 unspecified atom stereocenters. The number of hydrogen-bond donors (Lipinski definition) is 2. The van der Waals surface area contributed by atoms with Crippen LogP contribution in [0.5, 0.6) is 5.75 Å². The first-order valence-corrected chi connectivity index (χ1v) is 12.5.